The molecule has 3 N–H and O–H groups in total. The zero-order valence-corrected chi connectivity index (χ0v) is 17.1. The van der Waals surface area contributed by atoms with Gasteiger partial charge >= 0.3 is 6.03 Å². The summed E-state index contributed by atoms with van der Waals surface area (Å²) < 4.78 is 0. The Labute approximate surface area is 171 Å². The number of nitrogens with one attached hydrogen (secondary N) is 3. The quantitative estimate of drug-likeness (QED) is 0.498. The lowest BCUT2D eigenvalue weighted by molar-refractivity contribution is -0.115. The average molecular weight is 413 g/mol. The van der Waals surface area contributed by atoms with E-state index in [1.54, 1.807) is 17.1 Å². The lowest BCUT2D eigenvalue weighted by Gasteiger charge is -2.08. The Kier molecular flexibility index (Phi) is 6.67. The van der Waals surface area contributed by atoms with Crippen LogP contribution in [-0.2, 0) is 11.2 Å². The van der Waals surface area contributed by atoms with Crippen LogP contribution in [0.15, 0.2) is 58.8 Å². The molecule has 0 saturated carbocycles. The molecule has 0 saturated heterocycles. The first-order valence-corrected chi connectivity index (χ1v) is 10.7. The number of urea groups is 1. The molecule has 0 aliphatic rings. The highest BCUT2D eigenvalue weighted by atomic mass is 32.2. The third-order valence-electron chi connectivity index (χ3n) is 3.77. The Bertz CT molecular complexity index is 988. The number of benzene rings is 2. The number of amides is 3. The van der Waals surface area contributed by atoms with Crippen molar-refractivity contribution in [1.29, 1.82) is 0 Å². The number of anilines is 3. The van der Waals surface area contributed by atoms with Crippen LogP contribution in [0.5, 0.6) is 0 Å². The van der Waals surface area contributed by atoms with Gasteiger partial charge in [0.05, 0.1) is 17.8 Å². The molecule has 3 rings (SSSR count). The maximum Gasteiger partial charge on any atom is 0.325 e. The molecule has 0 bridgehead atoms. The van der Waals surface area contributed by atoms with E-state index >= 15 is 0 Å². The van der Waals surface area contributed by atoms with Gasteiger partial charge in [-0.2, -0.15) is 0 Å². The van der Waals surface area contributed by atoms with Crippen molar-refractivity contribution in [2.45, 2.75) is 18.2 Å². The normalized spacial score (nSPS) is 10.4. The van der Waals surface area contributed by atoms with Crippen molar-refractivity contribution in [3.63, 3.8) is 0 Å². The number of hydrogen-bond donors (Lipinski definition) is 3. The average Bonchev–Trinajstić information content (AvgIpc) is 3.08. The highest BCUT2D eigenvalue weighted by Gasteiger charge is 2.11. The number of hydrogen-bond acceptors (Lipinski definition) is 5. The number of thiazole rings is 1. The van der Waals surface area contributed by atoms with Crippen LogP contribution in [-0.4, -0.2) is 23.2 Å². The number of thioether (sulfide) groups is 1. The molecule has 8 heteroatoms. The molecule has 0 aliphatic carbocycles. The van der Waals surface area contributed by atoms with Crippen LogP contribution in [0.2, 0.25) is 0 Å². The summed E-state index contributed by atoms with van der Waals surface area (Å²) in [6.07, 6.45) is 2.10. The summed E-state index contributed by atoms with van der Waals surface area (Å²) in [5.74, 6) is -0.150. The van der Waals surface area contributed by atoms with E-state index in [1.807, 2.05) is 61.7 Å². The molecular formula is C20H20N4O2S2. The van der Waals surface area contributed by atoms with Crippen molar-refractivity contribution < 1.29 is 9.59 Å². The van der Waals surface area contributed by atoms with Crippen molar-refractivity contribution >= 4 is 51.5 Å². The van der Waals surface area contributed by atoms with E-state index < -0.39 is 0 Å². The number of para-hydroxylation sites is 1. The number of nitrogens with zero attached hydrogens (tertiary/aromatic N) is 1. The summed E-state index contributed by atoms with van der Waals surface area (Å²) in [6.45, 7) is 1.96. The van der Waals surface area contributed by atoms with Crippen molar-refractivity contribution in [3.05, 3.63) is 65.2 Å². The third-order valence-corrected chi connectivity index (χ3v) is 5.37. The van der Waals surface area contributed by atoms with Gasteiger partial charge in [-0.25, -0.2) is 9.78 Å². The van der Waals surface area contributed by atoms with Crippen LogP contribution in [0, 0.1) is 6.92 Å². The minimum Gasteiger partial charge on any atom is -0.325 e. The Balaban J connectivity index is 1.55. The van der Waals surface area contributed by atoms with Crippen LogP contribution in [0.4, 0.5) is 21.3 Å². The van der Waals surface area contributed by atoms with Crippen LogP contribution < -0.4 is 16.0 Å². The van der Waals surface area contributed by atoms with Crippen LogP contribution in [0.1, 0.15) is 11.3 Å². The zero-order chi connectivity index (χ0) is 19.9. The number of aromatic nitrogens is 1. The SMILES string of the molecule is CSc1ccccc1NC(=O)Cc1csc(NC(=O)Nc2cccc(C)c2)n1. The minimum absolute atomic E-state index is 0.139. The van der Waals surface area contributed by atoms with Crippen molar-refractivity contribution in [1.82, 2.24) is 4.98 Å². The summed E-state index contributed by atoms with van der Waals surface area (Å²) in [5, 5.41) is 10.6. The number of aryl methyl sites for hydroxylation is 1. The van der Waals surface area contributed by atoms with Crippen molar-refractivity contribution in [3.8, 4) is 0 Å². The third kappa shape index (κ3) is 5.58. The first kappa shape index (κ1) is 19.9. The van der Waals surface area contributed by atoms with Crippen molar-refractivity contribution in [2.75, 3.05) is 22.2 Å². The molecule has 0 unspecified atom stereocenters. The Morgan fingerprint density at radius 1 is 1.07 bits per heavy atom. The topological polar surface area (TPSA) is 83.1 Å². The second-order valence-corrected chi connectivity index (χ2v) is 7.72. The van der Waals surface area contributed by atoms with Gasteiger partial charge in [0, 0.05) is 16.0 Å². The fourth-order valence-electron chi connectivity index (χ4n) is 2.53. The molecule has 0 aliphatic heterocycles. The van der Waals surface area contributed by atoms with Crippen molar-refractivity contribution in [2.24, 2.45) is 0 Å². The maximum absolute atomic E-state index is 12.3. The van der Waals surface area contributed by atoms with Gasteiger partial charge in [0.2, 0.25) is 5.91 Å². The first-order valence-electron chi connectivity index (χ1n) is 8.55. The second kappa shape index (κ2) is 9.38. The van der Waals surface area contributed by atoms with E-state index in [2.05, 4.69) is 20.9 Å². The molecule has 0 fully saturated rings. The maximum atomic E-state index is 12.3. The van der Waals surface area contributed by atoms with Gasteiger partial charge in [-0.15, -0.1) is 23.1 Å². The molecule has 144 valence electrons. The smallest absolute Gasteiger partial charge is 0.325 e. The largest absolute Gasteiger partial charge is 0.325 e. The monoisotopic (exact) mass is 412 g/mol. The lowest BCUT2D eigenvalue weighted by Crippen LogP contribution is -2.19. The number of carbonyl (C=O) groups is 2. The van der Waals surface area contributed by atoms with Crippen LogP contribution in [0.3, 0.4) is 0 Å². The molecule has 0 atom stereocenters. The molecule has 0 radical (unpaired) electrons. The van der Waals surface area contributed by atoms with Gasteiger partial charge in [0.15, 0.2) is 5.13 Å². The van der Waals surface area contributed by atoms with Gasteiger partial charge in [-0.3, -0.25) is 10.1 Å². The Hall–Kier alpha value is -2.84. The number of carbonyl (C=O) groups excluding carboxylic acids is 2. The fraction of sp³-hybridized carbons (Fsp3) is 0.150. The van der Waals surface area contributed by atoms with E-state index in [9.17, 15) is 9.59 Å². The van der Waals surface area contributed by atoms with Crippen LogP contribution in [0.25, 0.3) is 0 Å². The molecule has 1 aromatic heterocycles. The van der Waals surface area contributed by atoms with E-state index in [-0.39, 0.29) is 18.4 Å². The fourth-order valence-corrected chi connectivity index (χ4v) is 3.79. The molecule has 28 heavy (non-hydrogen) atoms. The summed E-state index contributed by atoms with van der Waals surface area (Å²) in [6, 6.07) is 14.8. The van der Waals surface area contributed by atoms with Gasteiger partial charge < -0.3 is 10.6 Å². The lowest BCUT2D eigenvalue weighted by atomic mass is 10.2. The second-order valence-electron chi connectivity index (χ2n) is 6.02. The minimum atomic E-state index is -0.371. The predicted molar refractivity (Wildman–Crippen MR) is 116 cm³/mol. The van der Waals surface area contributed by atoms with Gasteiger partial charge in [0.1, 0.15) is 0 Å². The molecule has 3 aromatic rings. The summed E-state index contributed by atoms with van der Waals surface area (Å²) >= 11 is 2.85. The molecule has 6 nitrogen and oxygen atoms in total. The molecule has 0 spiro atoms. The molecular weight excluding hydrogens is 392 g/mol. The van der Waals surface area contributed by atoms with E-state index in [0.717, 1.165) is 16.1 Å². The number of rotatable bonds is 6. The zero-order valence-electron chi connectivity index (χ0n) is 15.5. The highest BCUT2D eigenvalue weighted by Crippen LogP contribution is 2.25. The summed E-state index contributed by atoms with van der Waals surface area (Å²) in [7, 11) is 0. The molecule has 3 amide bonds. The Morgan fingerprint density at radius 2 is 1.89 bits per heavy atom. The summed E-state index contributed by atoms with van der Waals surface area (Å²) in [4.78, 5) is 29.7. The summed E-state index contributed by atoms with van der Waals surface area (Å²) in [5.41, 5.74) is 3.16. The standard InChI is InChI=1S/C20H20N4O2S2/c1-13-6-5-7-14(10-13)21-19(26)24-20-22-15(12-28-20)11-18(25)23-16-8-3-4-9-17(16)27-2/h3-10,12H,11H2,1-2H3,(H,23,25)(H2,21,22,24,26). The molecule has 1 heterocycles. The molecule has 2 aromatic carbocycles. The van der Waals surface area contributed by atoms with E-state index in [0.29, 0.717) is 16.5 Å². The van der Waals surface area contributed by atoms with Gasteiger partial charge in [-0.1, -0.05) is 24.3 Å². The van der Waals surface area contributed by atoms with Crippen LogP contribution >= 0.6 is 23.1 Å². The Morgan fingerprint density at radius 3 is 2.68 bits per heavy atom. The highest BCUT2D eigenvalue weighted by molar-refractivity contribution is 7.98. The van der Waals surface area contributed by atoms with Gasteiger partial charge in [0.25, 0.3) is 0 Å². The predicted octanol–water partition coefficient (Wildman–Crippen LogP) is 5.00. The van der Waals surface area contributed by atoms with E-state index in [1.165, 1.54) is 11.3 Å². The van der Waals surface area contributed by atoms with Gasteiger partial charge in [-0.05, 0) is 43.0 Å². The first-order chi connectivity index (χ1) is 13.5. The van der Waals surface area contributed by atoms with E-state index in [4.69, 9.17) is 0 Å².